The van der Waals surface area contributed by atoms with Gasteiger partial charge in [-0.1, -0.05) is 0 Å². The summed E-state index contributed by atoms with van der Waals surface area (Å²) in [5, 5.41) is 0. The Labute approximate surface area is 130 Å². The number of carbonyl (C=O) groups is 1. The summed E-state index contributed by atoms with van der Waals surface area (Å²) in [5.41, 5.74) is 0.461. The summed E-state index contributed by atoms with van der Waals surface area (Å²) in [6.07, 6.45) is 0. The number of carbonyl (C=O) groups excluding carboxylic acids is 1. The number of ether oxygens (including phenoxy) is 1. The van der Waals surface area contributed by atoms with Gasteiger partial charge in [0.15, 0.2) is 0 Å². The molecule has 1 aromatic rings. The van der Waals surface area contributed by atoms with E-state index in [1.807, 2.05) is 0 Å². The van der Waals surface area contributed by atoms with E-state index in [0.29, 0.717) is 31.1 Å². The van der Waals surface area contributed by atoms with Crippen molar-refractivity contribution in [3.63, 3.8) is 0 Å². The molecule has 0 aromatic heterocycles. The van der Waals surface area contributed by atoms with Gasteiger partial charge in [-0.25, -0.2) is 4.79 Å². The number of rotatable bonds is 3. The smallest absolute Gasteiger partial charge is 0.480 e. The van der Waals surface area contributed by atoms with Gasteiger partial charge in [0.05, 0.1) is 32.5 Å². The fourth-order valence-electron chi connectivity index (χ4n) is 2.37. The number of benzene rings is 1. The van der Waals surface area contributed by atoms with Gasteiger partial charge in [0.2, 0.25) is 0 Å². The lowest BCUT2D eigenvalue weighted by atomic mass is 10.2. The van der Waals surface area contributed by atoms with Crippen LogP contribution in [0.15, 0.2) is 24.3 Å². The molecule has 0 aliphatic carbocycles. The van der Waals surface area contributed by atoms with Gasteiger partial charge in [0.1, 0.15) is 5.75 Å². The highest BCUT2D eigenvalue weighted by molar-refractivity contribution is 6.54. The Bertz CT molecular complexity index is 496. The first-order chi connectivity index (χ1) is 10.7. The molecule has 4 rings (SSSR count). The Hall–Kier alpha value is -1.45. The lowest BCUT2D eigenvalue weighted by Gasteiger charge is -2.36. The lowest BCUT2D eigenvalue weighted by molar-refractivity contribution is -0.0496. The van der Waals surface area contributed by atoms with Crippen molar-refractivity contribution < 1.29 is 27.2 Å². The largest absolute Gasteiger partial charge is 0.749 e. The number of fused-ring (bicyclic) bond motifs is 6. The molecule has 0 N–H and O–H groups in total. The molecule has 7 nitrogen and oxygen atoms in total. The Morgan fingerprint density at radius 3 is 2.09 bits per heavy atom. The summed E-state index contributed by atoms with van der Waals surface area (Å²) < 4.78 is 27.9. The topological polar surface area (TPSA) is 66.5 Å². The van der Waals surface area contributed by atoms with E-state index in [9.17, 15) is 4.79 Å². The molecule has 0 radical (unpaired) electrons. The predicted molar refractivity (Wildman–Crippen MR) is 78.5 cm³/mol. The van der Waals surface area contributed by atoms with E-state index < -0.39 is 9.05 Å². The lowest BCUT2D eigenvalue weighted by Crippen LogP contribution is -2.59. The maximum atomic E-state index is 11.4. The minimum atomic E-state index is -3.16. The first-order valence-electron chi connectivity index (χ1n) is 7.22. The molecule has 0 saturated carbocycles. The number of hydrogen-bond acceptors (Lipinski definition) is 7. The number of nitrogens with zero attached hydrogens (tertiary/aromatic N) is 1. The average Bonchev–Trinajstić information content (AvgIpc) is 2.48. The highest BCUT2D eigenvalue weighted by Crippen LogP contribution is 2.22. The normalized spacial score (nSPS) is 28.3. The van der Waals surface area contributed by atoms with E-state index in [1.54, 1.807) is 24.3 Å². The van der Waals surface area contributed by atoms with Crippen LogP contribution in [-0.4, -0.2) is 66.5 Å². The van der Waals surface area contributed by atoms with Crippen LogP contribution < -0.4 is 4.43 Å². The third kappa shape index (κ3) is 3.47. The summed E-state index contributed by atoms with van der Waals surface area (Å²) in [4.78, 5) is 13.7. The quantitative estimate of drug-likeness (QED) is 0.597. The summed E-state index contributed by atoms with van der Waals surface area (Å²) in [6.45, 7) is 4.12. The molecule has 0 spiro atoms. The van der Waals surface area contributed by atoms with Crippen molar-refractivity contribution in [1.29, 1.82) is 0 Å². The van der Waals surface area contributed by atoms with Crippen molar-refractivity contribution in [1.82, 2.24) is 4.90 Å². The van der Waals surface area contributed by atoms with Crippen molar-refractivity contribution in [3.8, 4) is 5.75 Å². The van der Waals surface area contributed by atoms with Crippen LogP contribution >= 0.6 is 0 Å². The van der Waals surface area contributed by atoms with Gasteiger partial charge in [-0.3, -0.25) is 4.90 Å². The van der Waals surface area contributed by atoms with Gasteiger partial charge in [-0.05, 0) is 24.3 Å². The average molecular weight is 325 g/mol. The molecule has 1 aromatic carbocycles. The highest BCUT2D eigenvalue weighted by atomic mass is 28.4. The van der Waals surface area contributed by atoms with Gasteiger partial charge < -0.3 is 22.4 Å². The highest BCUT2D eigenvalue weighted by Gasteiger charge is 2.50. The number of methoxy groups -OCH3 is 1. The van der Waals surface area contributed by atoms with Gasteiger partial charge in [-0.2, -0.15) is 0 Å². The molecule has 3 aliphatic heterocycles. The third-order valence-electron chi connectivity index (χ3n) is 3.58. The van der Waals surface area contributed by atoms with Crippen molar-refractivity contribution in [2.45, 2.75) is 0 Å². The summed E-state index contributed by atoms with van der Waals surface area (Å²) in [5.74, 6) is 0.167. The van der Waals surface area contributed by atoms with E-state index in [1.165, 1.54) is 7.11 Å². The molecule has 3 fully saturated rings. The Balaban J connectivity index is 1.73. The summed E-state index contributed by atoms with van der Waals surface area (Å²) in [6, 6.07) is 6.65. The molecule has 0 unspecified atom stereocenters. The number of esters is 1. The molecule has 22 heavy (non-hydrogen) atoms. The molecule has 0 amide bonds. The van der Waals surface area contributed by atoms with Crippen LogP contribution in [0, 0.1) is 0 Å². The molecular formula is C14H19NO6Si. The van der Waals surface area contributed by atoms with E-state index in [-0.39, 0.29) is 5.97 Å². The summed E-state index contributed by atoms with van der Waals surface area (Å²) in [7, 11) is -1.82. The SMILES string of the molecule is COC(=O)c1ccc(O[Si]23OCCN(CCO2)CCO3)cc1. The fourth-order valence-corrected chi connectivity index (χ4v) is 4.24. The van der Waals surface area contributed by atoms with Crippen molar-refractivity contribution in [2.24, 2.45) is 0 Å². The van der Waals surface area contributed by atoms with Crippen LogP contribution in [0.1, 0.15) is 10.4 Å². The minimum absolute atomic E-state index is 0.386. The zero-order valence-electron chi connectivity index (χ0n) is 12.4. The molecule has 0 atom stereocenters. The van der Waals surface area contributed by atoms with Crippen LogP contribution in [0.5, 0.6) is 5.75 Å². The standard InChI is InChI=1S/C14H19NO6Si/c1-17-14(16)12-2-4-13(5-3-12)21-22-18-9-6-15(7-10-19-22)8-11-20-22/h2-5H,6-11H2,1H3. The van der Waals surface area contributed by atoms with Crippen molar-refractivity contribution in [3.05, 3.63) is 29.8 Å². The summed E-state index contributed by atoms with van der Waals surface area (Å²) >= 11 is 0. The molecular weight excluding hydrogens is 306 g/mol. The fraction of sp³-hybridized carbons (Fsp3) is 0.500. The van der Waals surface area contributed by atoms with Crippen LogP contribution in [0.3, 0.4) is 0 Å². The van der Waals surface area contributed by atoms with Crippen LogP contribution in [0.4, 0.5) is 0 Å². The van der Waals surface area contributed by atoms with Gasteiger partial charge in [0.25, 0.3) is 0 Å². The zero-order chi connectivity index (χ0) is 15.4. The third-order valence-corrected chi connectivity index (χ3v) is 5.74. The van der Waals surface area contributed by atoms with Crippen molar-refractivity contribution in [2.75, 3.05) is 46.6 Å². The predicted octanol–water partition coefficient (Wildman–Crippen LogP) is 0.667. The second-order valence-corrected chi connectivity index (χ2v) is 7.08. The molecule has 3 heterocycles. The molecule has 3 aliphatic rings. The second kappa shape index (κ2) is 6.76. The van der Waals surface area contributed by atoms with Crippen LogP contribution in [0.2, 0.25) is 0 Å². The van der Waals surface area contributed by atoms with Crippen LogP contribution in [-0.2, 0) is 18.0 Å². The van der Waals surface area contributed by atoms with E-state index in [0.717, 1.165) is 19.6 Å². The maximum Gasteiger partial charge on any atom is 0.749 e. The molecule has 3 saturated heterocycles. The van der Waals surface area contributed by atoms with E-state index >= 15 is 0 Å². The monoisotopic (exact) mass is 325 g/mol. The van der Waals surface area contributed by atoms with E-state index in [2.05, 4.69) is 9.64 Å². The van der Waals surface area contributed by atoms with Crippen LogP contribution in [0.25, 0.3) is 0 Å². The Morgan fingerprint density at radius 1 is 1.05 bits per heavy atom. The Morgan fingerprint density at radius 2 is 1.59 bits per heavy atom. The maximum absolute atomic E-state index is 11.4. The molecule has 120 valence electrons. The molecule has 8 heteroatoms. The Kier molecular flexibility index (Phi) is 4.74. The zero-order valence-corrected chi connectivity index (χ0v) is 13.4. The first-order valence-corrected chi connectivity index (χ1v) is 8.86. The van der Waals surface area contributed by atoms with Crippen molar-refractivity contribution >= 4 is 15.0 Å². The second-order valence-electron chi connectivity index (χ2n) is 5.01. The van der Waals surface area contributed by atoms with Gasteiger partial charge in [-0.15, -0.1) is 0 Å². The first kappa shape index (κ1) is 15.4. The molecule has 2 bridgehead atoms. The van der Waals surface area contributed by atoms with E-state index in [4.69, 9.17) is 17.7 Å². The van der Waals surface area contributed by atoms with Gasteiger partial charge >= 0.3 is 15.0 Å². The van der Waals surface area contributed by atoms with Gasteiger partial charge in [0, 0.05) is 19.6 Å². The minimum Gasteiger partial charge on any atom is -0.480 e. The number of hydrogen-bond donors (Lipinski definition) is 0.